The standard InChI is InChI=1S/C29H23N3OS3/c30-27-24-21-16-23(19-12-6-2-7-13-19)35-25(20-14-8-3-9-15-20)26(21)36-28(24)32-29(31-27)34-17-22(33)18-10-4-1-5-11-18/h1-15,23,25H,16-17H2,(H2,30,31,32)/t23-,25-/m0/s1. The molecule has 0 aliphatic carbocycles. The number of nitrogen functional groups attached to an aromatic ring is 1. The number of aromatic nitrogens is 2. The highest BCUT2D eigenvalue weighted by atomic mass is 32.2. The number of nitrogens with two attached hydrogens (primary N) is 1. The lowest BCUT2D eigenvalue weighted by Crippen LogP contribution is -2.12. The van der Waals surface area contributed by atoms with E-state index in [4.69, 9.17) is 10.7 Å². The van der Waals surface area contributed by atoms with E-state index in [9.17, 15) is 4.79 Å². The Labute approximate surface area is 222 Å². The van der Waals surface area contributed by atoms with Gasteiger partial charge in [-0.25, -0.2) is 9.97 Å². The van der Waals surface area contributed by atoms with Gasteiger partial charge in [-0.3, -0.25) is 4.79 Å². The smallest absolute Gasteiger partial charge is 0.191 e. The Hall–Kier alpha value is -3.13. The van der Waals surface area contributed by atoms with Crippen molar-refractivity contribution in [3.8, 4) is 0 Å². The molecule has 0 fully saturated rings. The molecule has 0 spiro atoms. The van der Waals surface area contributed by atoms with E-state index in [1.165, 1.54) is 33.3 Å². The summed E-state index contributed by atoms with van der Waals surface area (Å²) in [7, 11) is 0. The molecule has 2 aromatic heterocycles. The number of rotatable bonds is 6. The molecule has 0 amide bonds. The van der Waals surface area contributed by atoms with Crippen LogP contribution in [-0.4, -0.2) is 21.5 Å². The number of carbonyl (C=O) groups excluding carboxylic acids is 1. The van der Waals surface area contributed by atoms with Crippen molar-refractivity contribution in [2.45, 2.75) is 22.1 Å². The lowest BCUT2D eigenvalue weighted by atomic mass is 9.98. The molecular weight excluding hydrogens is 503 g/mol. The summed E-state index contributed by atoms with van der Waals surface area (Å²) in [6.45, 7) is 0. The van der Waals surface area contributed by atoms with Crippen LogP contribution in [0.1, 0.15) is 42.4 Å². The molecule has 178 valence electrons. The van der Waals surface area contributed by atoms with E-state index in [2.05, 4.69) is 65.6 Å². The molecule has 5 aromatic rings. The first-order valence-electron chi connectivity index (χ1n) is 11.7. The minimum atomic E-state index is 0.0552. The van der Waals surface area contributed by atoms with Gasteiger partial charge in [0.1, 0.15) is 10.6 Å². The number of anilines is 1. The summed E-state index contributed by atoms with van der Waals surface area (Å²) in [6, 6.07) is 30.7. The van der Waals surface area contributed by atoms with Crippen molar-refractivity contribution in [1.29, 1.82) is 0 Å². The van der Waals surface area contributed by atoms with Gasteiger partial charge in [0.05, 0.1) is 16.4 Å². The SMILES string of the molecule is Nc1nc(SCC(=O)c2ccccc2)nc2sc3c(c12)C[C@@H](c1ccccc1)S[C@H]3c1ccccc1. The topological polar surface area (TPSA) is 68.9 Å². The fraction of sp³-hybridized carbons (Fsp3) is 0.138. The molecular formula is C29H23N3OS3. The highest BCUT2D eigenvalue weighted by Crippen LogP contribution is 2.55. The molecule has 7 heteroatoms. The van der Waals surface area contributed by atoms with Gasteiger partial charge in [0, 0.05) is 15.7 Å². The zero-order valence-corrected chi connectivity index (χ0v) is 21.8. The van der Waals surface area contributed by atoms with Crippen LogP contribution >= 0.6 is 34.9 Å². The van der Waals surface area contributed by atoms with E-state index >= 15 is 0 Å². The van der Waals surface area contributed by atoms with Gasteiger partial charge in [-0.15, -0.1) is 23.1 Å². The minimum absolute atomic E-state index is 0.0552. The molecule has 2 N–H and O–H groups in total. The van der Waals surface area contributed by atoms with Crippen LogP contribution in [0.25, 0.3) is 10.2 Å². The van der Waals surface area contributed by atoms with Gasteiger partial charge in [-0.05, 0) is 23.1 Å². The molecule has 0 saturated heterocycles. The van der Waals surface area contributed by atoms with Crippen LogP contribution in [0, 0.1) is 0 Å². The molecule has 3 heterocycles. The Kier molecular flexibility index (Phi) is 6.52. The molecule has 3 aromatic carbocycles. The van der Waals surface area contributed by atoms with Crippen molar-refractivity contribution in [1.82, 2.24) is 9.97 Å². The molecule has 1 aliphatic heterocycles. The molecule has 4 nitrogen and oxygen atoms in total. The van der Waals surface area contributed by atoms with Crippen molar-refractivity contribution in [2.24, 2.45) is 0 Å². The lowest BCUT2D eigenvalue weighted by Gasteiger charge is -2.30. The summed E-state index contributed by atoms with van der Waals surface area (Å²) in [4.78, 5) is 24.3. The van der Waals surface area contributed by atoms with Crippen LogP contribution in [-0.2, 0) is 6.42 Å². The number of ketones is 1. The summed E-state index contributed by atoms with van der Waals surface area (Å²) < 4.78 is 0. The highest BCUT2D eigenvalue weighted by molar-refractivity contribution is 8.00. The van der Waals surface area contributed by atoms with Gasteiger partial charge in [0.25, 0.3) is 0 Å². The second-order valence-electron chi connectivity index (χ2n) is 8.62. The number of hydrogen-bond acceptors (Lipinski definition) is 7. The van der Waals surface area contributed by atoms with Crippen molar-refractivity contribution in [2.75, 3.05) is 11.5 Å². The number of thiophene rings is 1. The largest absolute Gasteiger partial charge is 0.383 e. The summed E-state index contributed by atoms with van der Waals surface area (Å²) in [5.74, 6) is 0.829. The number of carbonyl (C=O) groups is 1. The summed E-state index contributed by atoms with van der Waals surface area (Å²) in [6.07, 6.45) is 0.889. The number of nitrogens with zero attached hydrogens (tertiary/aromatic N) is 2. The number of benzene rings is 3. The summed E-state index contributed by atoms with van der Waals surface area (Å²) in [5.41, 5.74) is 11.1. The zero-order valence-electron chi connectivity index (χ0n) is 19.3. The Morgan fingerprint density at radius 1 is 0.889 bits per heavy atom. The normalized spacial score (nSPS) is 17.1. The van der Waals surface area contributed by atoms with Gasteiger partial charge < -0.3 is 5.73 Å². The van der Waals surface area contributed by atoms with Crippen LogP contribution in [0.2, 0.25) is 0 Å². The van der Waals surface area contributed by atoms with Crippen LogP contribution in [0.15, 0.2) is 96.2 Å². The number of Topliss-reactive ketones (excluding diaryl/α,β-unsaturated/α-hetero) is 1. The van der Waals surface area contributed by atoms with Crippen molar-refractivity contribution >= 4 is 56.7 Å². The van der Waals surface area contributed by atoms with E-state index in [0.717, 1.165) is 16.6 Å². The van der Waals surface area contributed by atoms with Gasteiger partial charge in [-0.2, -0.15) is 0 Å². The molecule has 0 unspecified atom stereocenters. The van der Waals surface area contributed by atoms with E-state index < -0.39 is 0 Å². The highest BCUT2D eigenvalue weighted by Gasteiger charge is 2.34. The first kappa shape index (κ1) is 23.3. The summed E-state index contributed by atoms with van der Waals surface area (Å²) >= 11 is 5.04. The number of thioether (sulfide) groups is 2. The Morgan fingerprint density at radius 2 is 1.53 bits per heavy atom. The van der Waals surface area contributed by atoms with Crippen LogP contribution in [0.3, 0.4) is 0 Å². The molecule has 36 heavy (non-hydrogen) atoms. The van der Waals surface area contributed by atoms with Gasteiger partial charge >= 0.3 is 0 Å². The van der Waals surface area contributed by atoms with E-state index in [0.29, 0.717) is 21.8 Å². The molecule has 2 atom stereocenters. The van der Waals surface area contributed by atoms with Crippen LogP contribution in [0.4, 0.5) is 5.82 Å². The molecule has 1 aliphatic rings. The maximum atomic E-state index is 12.6. The minimum Gasteiger partial charge on any atom is -0.383 e. The molecule has 6 rings (SSSR count). The van der Waals surface area contributed by atoms with Crippen LogP contribution in [0.5, 0.6) is 0 Å². The maximum Gasteiger partial charge on any atom is 0.191 e. The summed E-state index contributed by atoms with van der Waals surface area (Å²) in [5, 5.41) is 2.04. The average molecular weight is 526 g/mol. The van der Waals surface area contributed by atoms with Crippen molar-refractivity contribution < 1.29 is 4.79 Å². The first-order chi connectivity index (χ1) is 17.7. The van der Waals surface area contributed by atoms with Crippen LogP contribution < -0.4 is 5.73 Å². The third kappa shape index (κ3) is 4.54. The Morgan fingerprint density at radius 3 is 2.22 bits per heavy atom. The quantitative estimate of drug-likeness (QED) is 0.142. The number of fused-ring (bicyclic) bond motifs is 3. The van der Waals surface area contributed by atoms with E-state index in [1.807, 2.05) is 42.1 Å². The Bertz CT molecular complexity index is 1520. The van der Waals surface area contributed by atoms with Crippen molar-refractivity contribution in [3.05, 3.63) is 118 Å². The van der Waals surface area contributed by atoms with Crippen molar-refractivity contribution in [3.63, 3.8) is 0 Å². The number of hydrogen-bond donors (Lipinski definition) is 1. The lowest BCUT2D eigenvalue weighted by molar-refractivity contribution is 0.102. The second-order valence-corrected chi connectivity index (χ2v) is 11.9. The maximum absolute atomic E-state index is 12.6. The van der Waals surface area contributed by atoms with Gasteiger partial charge in [0.2, 0.25) is 0 Å². The average Bonchev–Trinajstić information content (AvgIpc) is 3.31. The second kappa shape index (κ2) is 10.1. The van der Waals surface area contributed by atoms with Gasteiger partial charge in [0.15, 0.2) is 10.9 Å². The predicted octanol–water partition coefficient (Wildman–Crippen LogP) is 7.37. The molecule has 0 radical (unpaired) electrons. The third-order valence-corrected chi connectivity index (χ3v) is 10.1. The first-order valence-corrected chi connectivity index (χ1v) is 14.5. The monoisotopic (exact) mass is 525 g/mol. The molecule has 0 saturated carbocycles. The zero-order chi connectivity index (χ0) is 24.5. The fourth-order valence-electron chi connectivity index (χ4n) is 4.58. The van der Waals surface area contributed by atoms with E-state index in [-0.39, 0.29) is 16.8 Å². The fourth-order valence-corrected chi connectivity index (χ4v) is 8.40. The molecule has 0 bridgehead atoms. The predicted molar refractivity (Wildman–Crippen MR) is 152 cm³/mol. The third-order valence-electron chi connectivity index (χ3n) is 6.32. The van der Waals surface area contributed by atoms with Gasteiger partial charge in [-0.1, -0.05) is 103 Å². The Balaban J connectivity index is 1.37. The van der Waals surface area contributed by atoms with E-state index in [1.54, 1.807) is 11.3 Å².